The van der Waals surface area contributed by atoms with Gasteiger partial charge in [-0.1, -0.05) is 0 Å². The number of piperazine rings is 1. The van der Waals surface area contributed by atoms with Crippen LogP contribution in [0.5, 0.6) is 0 Å². The molecule has 0 aromatic rings. The van der Waals surface area contributed by atoms with Gasteiger partial charge in [-0.25, -0.2) is 0 Å². The van der Waals surface area contributed by atoms with Crippen LogP contribution in [-0.2, 0) is 9.59 Å². The summed E-state index contributed by atoms with van der Waals surface area (Å²) in [6.07, 6.45) is 4.60. The first-order chi connectivity index (χ1) is 7.19. The van der Waals surface area contributed by atoms with Crippen LogP contribution in [0.3, 0.4) is 0 Å². The fourth-order valence-electron chi connectivity index (χ4n) is 1.40. The highest BCUT2D eigenvalue weighted by atomic mass is 32.2. The molecular weight excluding hydrogens is 232 g/mol. The van der Waals surface area contributed by atoms with Gasteiger partial charge < -0.3 is 10.6 Å². The lowest BCUT2D eigenvalue weighted by Gasteiger charge is -2.29. The highest BCUT2D eigenvalue weighted by Gasteiger charge is 2.32. The van der Waals surface area contributed by atoms with Gasteiger partial charge in [0, 0.05) is 5.75 Å². The lowest BCUT2D eigenvalue weighted by molar-refractivity contribution is -0.136. The minimum Gasteiger partial charge on any atom is -0.342 e. The monoisotopic (exact) mass is 248 g/mol. The van der Waals surface area contributed by atoms with Crippen LogP contribution in [-0.4, -0.2) is 47.9 Å². The Morgan fingerprint density at radius 2 is 1.67 bits per heavy atom. The number of thioether (sulfide) groups is 2. The van der Waals surface area contributed by atoms with Crippen LogP contribution in [0, 0.1) is 0 Å². The van der Waals surface area contributed by atoms with Gasteiger partial charge in [0.1, 0.15) is 12.1 Å². The van der Waals surface area contributed by atoms with E-state index in [-0.39, 0.29) is 23.9 Å². The fourth-order valence-corrected chi connectivity index (χ4v) is 2.44. The Bertz CT molecular complexity index is 248. The molecule has 6 heteroatoms. The summed E-state index contributed by atoms with van der Waals surface area (Å²) in [4.78, 5) is 23.1. The Kier molecular flexibility index (Phi) is 5.31. The number of hydrogen-bond donors (Lipinski definition) is 2. The van der Waals surface area contributed by atoms with Crippen molar-refractivity contribution in [2.75, 3.05) is 24.0 Å². The minimum atomic E-state index is -0.363. The van der Waals surface area contributed by atoms with E-state index in [1.165, 1.54) is 0 Å². The molecule has 0 unspecified atom stereocenters. The molecule has 0 aromatic carbocycles. The Morgan fingerprint density at radius 3 is 2.27 bits per heavy atom. The summed E-state index contributed by atoms with van der Waals surface area (Å²) < 4.78 is 0. The van der Waals surface area contributed by atoms with Crippen molar-refractivity contribution in [3.8, 4) is 0 Å². The predicted octanol–water partition coefficient (Wildman–Crippen LogP) is 0.0857. The SMILES string of the molecule is CSCC[C@H]1NC(=O)[C@H](CSC)NC1=O. The van der Waals surface area contributed by atoms with Gasteiger partial charge in [-0.05, 0) is 24.7 Å². The first-order valence-electron chi connectivity index (χ1n) is 4.77. The van der Waals surface area contributed by atoms with E-state index < -0.39 is 0 Å². The molecule has 0 spiro atoms. The molecule has 1 fully saturated rings. The number of amides is 2. The van der Waals surface area contributed by atoms with E-state index in [0.29, 0.717) is 12.2 Å². The molecule has 2 atom stereocenters. The highest BCUT2D eigenvalue weighted by Crippen LogP contribution is 2.07. The molecule has 1 heterocycles. The number of carbonyl (C=O) groups is 2. The molecule has 0 saturated carbocycles. The Balaban J connectivity index is 2.47. The maximum Gasteiger partial charge on any atom is 0.244 e. The van der Waals surface area contributed by atoms with Gasteiger partial charge in [0.05, 0.1) is 0 Å². The van der Waals surface area contributed by atoms with Crippen LogP contribution < -0.4 is 10.6 Å². The summed E-state index contributed by atoms with van der Waals surface area (Å²) in [5.74, 6) is 1.40. The van der Waals surface area contributed by atoms with Crippen LogP contribution >= 0.6 is 23.5 Å². The molecule has 0 aliphatic carbocycles. The molecular formula is C9H16N2O2S2. The molecule has 1 aliphatic rings. The van der Waals surface area contributed by atoms with Crippen molar-refractivity contribution in [2.45, 2.75) is 18.5 Å². The van der Waals surface area contributed by atoms with Gasteiger partial charge in [0.25, 0.3) is 0 Å². The smallest absolute Gasteiger partial charge is 0.244 e. The maximum atomic E-state index is 11.6. The second-order valence-corrected chi connectivity index (χ2v) is 5.26. The van der Waals surface area contributed by atoms with E-state index in [1.807, 2.05) is 12.5 Å². The Hall–Kier alpha value is -0.360. The molecule has 0 aromatic heterocycles. The molecule has 2 N–H and O–H groups in total. The summed E-state index contributed by atoms with van der Waals surface area (Å²) in [7, 11) is 0. The van der Waals surface area contributed by atoms with Crippen molar-refractivity contribution < 1.29 is 9.59 Å². The highest BCUT2D eigenvalue weighted by molar-refractivity contribution is 7.98. The Labute approximate surface area is 98.3 Å². The zero-order valence-electron chi connectivity index (χ0n) is 8.91. The number of hydrogen-bond acceptors (Lipinski definition) is 4. The van der Waals surface area contributed by atoms with E-state index in [0.717, 1.165) is 5.75 Å². The lowest BCUT2D eigenvalue weighted by atomic mass is 10.1. The zero-order valence-corrected chi connectivity index (χ0v) is 10.5. The summed E-state index contributed by atoms with van der Waals surface area (Å²) in [5.41, 5.74) is 0. The van der Waals surface area contributed by atoms with E-state index in [9.17, 15) is 9.59 Å². The third-order valence-electron chi connectivity index (χ3n) is 2.21. The molecule has 15 heavy (non-hydrogen) atoms. The first kappa shape index (κ1) is 12.7. The number of rotatable bonds is 5. The van der Waals surface area contributed by atoms with E-state index in [4.69, 9.17) is 0 Å². The first-order valence-corrected chi connectivity index (χ1v) is 7.56. The van der Waals surface area contributed by atoms with Crippen LogP contribution in [0.1, 0.15) is 6.42 Å². The molecule has 0 radical (unpaired) electrons. The second-order valence-electron chi connectivity index (χ2n) is 3.36. The van der Waals surface area contributed by atoms with Crippen molar-refractivity contribution in [1.29, 1.82) is 0 Å². The van der Waals surface area contributed by atoms with Gasteiger partial charge in [0.2, 0.25) is 11.8 Å². The Morgan fingerprint density at radius 1 is 1.07 bits per heavy atom. The van der Waals surface area contributed by atoms with E-state index in [2.05, 4.69) is 10.6 Å². The quantitative estimate of drug-likeness (QED) is 0.724. The second kappa shape index (κ2) is 6.27. The van der Waals surface area contributed by atoms with Crippen molar-refractivity contribution >= 4 is 35.3 Å². The van der Waals surface area contributed by atoms with Gasteiger partial charge in [-0.15, -0.1) is 0 Å². The van der Waals surface area contributed by atoms with Gasteiger partial charge in [-0.3, -0.25) is 9.59 Å². The van der Waals surface area contributed by atoms with Crippen molar-refractivity contribution in [1.82, 2.24) is 10.6 Å². The number of nitrogens with one attached hydrogen (secondary N) is 2. The van der Waals surface area contributed by atoms with Crippen LogP contribution in [0.2, 0.25) is 0 Å². The molecule has 0 bridgehead atoms. The van der Waals surface area contributed by atoms with Crippen molar-refractivity contribution in [3.63, 3.8) is 0 Å². The molecule has 4 nitrogen and oxygen atoms in total. The van der Waals surface area contributed by atoms with Crippen molar-refractivity contribution in [3.05, 3.63) is 0 Å². The largest absolute Gasteiger partial charge is 0.342 e. The maximum absolute atomic E-state index is 11.6. The summed E-state index contributed by atoms with van der Waals surface area (Å²) in [5, 5.41) is 5.50. The molecule has 1 aliphatic heterocycles. The van der Waals surface area contributed by atoms with Crippen LogP contribution in [0.15, 0.2) is 0 Å². The average molecular weight is 248 g/mol. The van der Waals surface area contributed by atoms with Gasteiger partial charge in [0.15, 0.2) is 0 Å². The van der Waals surface area contributed by atoms with Crippen LogP contribution in [0.4, 0.5) is 0 Å². The predicted molar refractivity (Wildman–Crippen MR) is 65.2 cm³/mol. The van der Waals surface area contributed by atoms with E-state index >= 15 is 0 Å². The molecule has 1 saturated heterocycles. The number of carbonyl (C=O) groups excluding carboxylic acids is 2. The lowest BCUT2D eigenvalue weighted by Crippen LogP contribution is -2.62. The van der Waals surface area contributed by atoms with E-state index in [1.54, 1.807) is 23.5 Å². The standard InChI is InChI=1S/C9H16N2O2S2/c1-14-4-3-6-8(12)11-7(5-15-2)9(13)10-6/h6-7H,3-5H2,1-2H3,(H,10,13)(H,11,12)/t6-,7+/m1/s1. The normalized spacial score (nSPS) is 26.0. The minimum absolute atomic E-state index is 0.0531. The molecule has 2 amide bonds. The van der Waals surface area contributed by atoms with Crippen LogP contribution in [0.25, 0.3) is 0 Å². The third kappa shape index (κ3) is 3.61. The van der Waals surface area contributed by atoms with Crippen molar-refractivity contribution in [2.24, 2.45) is 0 Å². The summed E-state index contributed by atoms with van der Waals surface area (Å²) in [6.45, 7) is 0. The molecule has 1 rings (SSSR count). The third-order valence-corrected chi connectivity index (χ3v) is 3.52. The fraction of sp³-hybridized carbons (Fsp3) is 0.778. The topological polar surface area (TPSA) is 58.2 Å². The zero-order chi connectivity index (χ0) is 11.3. The van der Waals surface area contributed by atoms with Gasteiger partial charge >= 0.3 is 0 Å². The average Bonchev–Trinajstić information content (AvgIpc) is 2.21. The summed E-state index contributed by atoms with van der Waals surface area (Å²) in [6, 6.07) is -0.707. The summed E-state index contributed by atoms with van der Waals surface area (Å²) >= 11 is 3.23. The molecule has 86 valence electrons. The van der Waals surface area contributed by atoms with Gasteiger partial charge in [-0.2, -0.15) is 23.5 Å².